The Hall–Kier alpha value is -0.940. The molecule has 2 rings (SSSR count). The summed E-state index contributed by atoms with van der Waals surface area (Å²) in [6.45, 7) is 4.23. The van der Waals surface area contributed by atoms with Crippen molar-refractivity contribution in [3.8, 4) is 0 Å². The number of likely N-dealkylation sites (N-methyl/N-ethyl adjacent to an activating group) is 1. The minimum absolute atomic E-state index is 0.127. The van der Waals surface area contributed by atoms with E-state index >= 15 is 0 Å². The molecule has 0 bridgehead atoms. The highest BCUT2D eigenvalue weighted by Gasteiger charge is 2.24. The number of rotatable bonds is 3. The largest absolute Gasteiger partial charge is 0.338 e. The zero-order valence-electron chi connectivity index (χ0n) is 10.2. The second kappa shape index (κ2) is 4.93. The zero-order valence-corrected chi connectivity index (χ0v) is 10.2. The third kappa shape index (κ3) is 2.41. The molecule has 2 unspecified atom stereocenters. The molecule has 0 spiro atoms. The number of hydrogen-bond acceptors (Lipinski definition) is 5. The van der Waals surface area contributed by atoms with Crippen LogP contribution < -0.4 is 5.32 Å². The summed E-state index contributed by atoms with van der Waals surface area (Å²) in [7, 11) is 4.03. The average Bonchev–Trinajstić information content (AvgIpc) is 2.77. The van der Waals surface area contributed by atoms with E-state index in [0.717, 1.165) is 18.8 Å². The second-order valence-corrected chi connectivity index (χ2v) is 4.60. The number of nitrogens with one attached hydrogen (secondary N) is 1. The topological polar surface area (TPSA) is 54.2 Å². The molecular weight excluding hydrogens is 204 g/mol. The summed E-state index contributed by atoms with van der Waals surface area (Å²) in [5.41, 5.74) is 0. The number of likely N-dealkylation sites (tertiary alicyclic amines) is 1. The number of aromatic nitrogens is 2. The Morgan fingerprint density at radius 3 is 3.06 bits per heavy atom. The van der Waals surface area contributed by atoms with E-state index in [4.69, 9.17) is 4.52 Å². The first-order valence-electron chi connectivity index (χ1n) is 5.90. The third-order valence-corrected chi connectivity index (χ3v) is 3.25. The van der Waals surface area contributed by atoms with E-state index in [2.05, 4.69) is 27.4 Å². The van der Waals surface area contributed by atoms with E-state index in [0.29, 0.717) is 11.8 Å². The predicted molar refractivity (Wildman–Crippen MR) is 61.2 cm³/mol. The van der Waals surface area contributed by atoms with Crippen LogP contribution in [0.25, 0.3) is 0 Å². The molecule has 1 aromatic rings. The lowest BCUT2D eigenvalue weighted by atomic mass is 9.98. The van der Waals surface area contributed by atoms with Gasteiger partial charge in [0.2, 0.25) is 5.89 Å². The quantitative estimate of drug-likeness (QED) is 0.835. The van der Waals surface area contributed by atoms with Crippen molar-refractivity contribution in [3.63, 3.8) is 0 Å². The second-order valence-electron chi connectivity index (χ2n) is 4.60. The Balaban J connectivity index is 2.06. The van der Waals surface area contributed by atoms with Crippen LogP contribution in [0, 0.1) is 0 Å². The van der Waals surface area contributed by atoms with Gasteiger partial charge < -0.3 is 14.7 Å². The summed E-state index contributed by atoms with van der Waals surface area (Å²) in [6.07, 6.45) is 2.38. The Kier molecular flexibility index (Phi) is 3.56. The summed E-state index contributed by atoms with van der Waals surface area (Å²) >= 11 is 0. The maximum absolute atomic E-state index is 5.26. The van der Waals surface area contributed by atoms with Gasteiger partial charge in [0.25, 0.3) is 0 Å². The molecule has 1 aliphatic rings. The SMILES string of the molecule is CNC(C)c1nc(C2CCCN(C)C2)no1. The monoisotopic (exact) mass is 224 g/mol. The molecule has 0 radical (unpaired) electrons. The lowest BCUT2D eigenvalue weighted by molar-refractivity contribution is 0.242. The molecule has 16 heavy (non-hydrogen) atoms. The minimum Gasteiger partial charge on any atom is -0.338 e. The van der Waals surface area contributed by atoms with Crippen molar-refractivity contribution in [1.82, 2.24) is 20.4 Å². The standard InChI is InChI=1S/C11H20N4O/c1-8(12-2)11-13-10(14-16-11)9-5-4-6-15(3)7-9/h8-9,12H,4-7H2,1-3H3. The highest BCUT2D eigenvalue weighted by Crippen LogP contribution is 2.24. The summed E-state index contributed by atoms with van der Waals surface area (Å²) in [6, 6.07) is 0.127. The Bertz CT molecular complexity index is 338. The molecule has 5 heteroatoms. The first-order valence-corrected chi connectivity index (χ1v) is 5.90. The molecule has 0 aliphatic carbocycles. The van der Waals surface area contributed by atoms with Gasteiger partial charge in [-0.3, -0.25) is 0 Å². The van der Waals surface area contributed by atoms with Crippen LogP contribution in [0.2, 0.25) is 0 Å². The Morgan fingerprint density at radius 1 is 1.56 bits per heavy atom. The molecule has 1 aromatic heterocycles. The van der Waals surface area contributed by atoms with Crippen LogP contribution >= 0.6 is 0 Å². The molecule has 1 saturated heterocycles. The van der Waals surface area contributed by atoms with Gasteiger partial charge in [0, 0.05) is 12.5 Å². The van der Waals surface area contributed by atoms with Crippen LogP contribution in [0.4, 0.5) is 0 Å². The summed E-state index contributed by atoms with van der Waals surface area (Å²) in [5, 5.41) is 7.19. The molecule has 1 fully saturated rings. The van der Waals surface area contributed by atoms with Crippen molar-refractivity contribution in [1.29, 1.82) is 0 Å². The fraction of sp³-hybridized carbons (Fsp3) is 0.818. The molecule has 0 amide bonds. The normalized spacial score (nSPS) is 24.6. The lowest BCUT2D eigenvalue weighted by Crippen LogP contribution is -2.31. The summed E-state index contributed by atoms with van der Waals surface area (Å²) in [4.78, 5) is 6.80. The first-order chi connectivity index (χ1) is 7.70. The van der Waals surface area contributed by atoms with Crippen molar-refractivity contribution in [2.24, 2.45) is 0 Å². The van der Waals surface area contributed by atoms with Gasteiger partial charge in [-0.1, -0.05) is 5.16 Å². The van der Waals surface area contributed by atoms with Gasteiger partial charge in [-0.25, -0.2) is 0 Å². The molecule has 1 aliphatic heterocycles. The van der Waals surface area contributed by atoms with E-state index in [1.165, 1.54) is 13.0 Å². The molecule has 90 valence electrons. The van der Waals surface area contributed by atoms with Gasteiger partial charge in [0.15, 0.2) is 5.82 Å². The van der Waals surface area contributed by atoms with E-state index in [1.807, 2.05) is 14.0 Å². The summed E-state index contributed by atoms with van der Waals surface area (Å²) in [5.74, 6) is 1.98. The Labute approximate surface area is 96.2 Å². The number of piperidine rings is 1. The van der Waals surface area contributed by atoms with Gasteiger partial charge in [-0.05, 0) is 40.4 Å². The Morgan fingerprint density at radius 2 is 2.38 bits per heavy atom. The fourth-order valence-corrected chi connectivity index (χ4v) is 2.09. The molecule has 2 heterocycles. The van der Waals surface area contributed by atoms with Gasteiger partial charge in [0.1, 0.15) is 0 Å². The molecule has 1 N–H and O–H groups in total. The van der Waals surface area contributed by atoms with Crippen molar-refractivity contribution in [3.05, 3.63) is 11.7 Å². The number of nitrogens with zero attached hydrogens (tertiary/aromatic N) is 3. The predicted octanol–water partition coefficient (Wildman–Crippen LogP) is 1.16. The highest BCUT2D eigenvalue weighted by atomic mass is 16.5. The van der Waals surface area contributed by atoms with Gasteiger partial charge in [-0.15, -0.1) is 0 Å². The maximum atomic E-state index is 5.26. The smallest absolute Gasteiger partial charge is 0.243 e. The average molecular weight is 224 g/mol. The third-order valence-electron chi connectivity index (χ3n) is 3.25. The highest BCUT2D eigenvalue weighted by molar-refractivity contribution is 5.00. The maximum Gasteiger partial charge on any atom is 0.243 e. The molecule has 0 saturated carbocycles. The summed E-state index contributed by atoms with van der Waals surface area (Å²) < 4.78 is 5.26. The van der Waals surface area contributed by atoms with E-state index in [-0.39, 0.29) is 6.04 Å². The molecule has 5 nitrogen and oxygen atoms in total. The van der Waals surface area contributed by atoms with Gasteiger partial charge in [-0.2, -0.15) is 4.98 Å². The van der Waals surface area contributed by atoms with E-state index in [9.17, 15) is 0 Å². The minimum atomic E-state index is 0.127. The van der Waals surface area contributed by atoms with Crippen LogP contribution in [0.1, 0.15) is 43.4 Å². The first kappa shape index (κ1) is 11.5. The van der Waals surface area contributed by atoms with Crippen LogP contribution in [0.15, 0.2) is 4.52 Å². The van der Waals surface area contributed by atoms with Crippen molar-refractivity contribution >= 4 is 0 Å². The molecule has 0 aromatic carbocycles. The van der Waals surface area contributed by atoms with E-state index < -0.39 is 0 Å². The van der Waals surface area contributed by atoms with Gasteiger partial charge in [0.05, 0.1) is 6.04 Å². The molecular formula is C11H20N4O. The van der Waals surface area contributed by atoms with Crippen LogP contribution in [0.3, 0.4) is 0 Å². The van der Waals surface area contributed by atoms with Crippen LogP contribution in [-0.4, -0.2) is 42.2 Å². The van der Waals surface area contributed by atoms with Crippen molar-refractivity contribution in [2.45, 2.75) is 31.7 Å². The van der Waals surface area contributed by atoms with Crippen molar-refractivity contribution < 1.29 is 4.52 Å². The van der Waals surface area contributed by atoms with E-state index in [1.54, 1.807) is 0 Å². The van der Waals surface area contributed by atoms with Gasteiger partial charge >= 0.3 is 0 Å². The molecule has 2 atom stereocenters. The lowest BCUT2D eigenvalue weighted by Gasteiger charge is -2.27. The van der Waals surface area contributed by atoms with Crippen LogP contribution in [0.5, 0.6) is 0 Å². The van der Waals surface area contributed by atoms with Crippen molar-refractivity contribution in [2.75, 3.05) is 27.2 Å². The fourth-order valence-electron chi connectivity index (χ4n) is 2.09. The number of hydrogen-bond donors (Lipinski definition) is 1. The zero-order chi connectivity index (χ0) is 11.5. The van der Waals surface area contributed by atoms with Crippen LogP contribution in [-0.2, 0) is 0 Å².